The van der Waals surface area contributed by atoms with Crippen LogP contribution >= 0.6 is 21.6 Å². The average molecular weight is 356 g/mol. The van der Waals surface area contributed by atoms with Crippen LogP contribution in [-0.4, -0.2) is 81.0 Å². The fourth-order valence-electron chi connectivity index (χ4n) is 1.09. The van der Waals surface area contributed by atoms with E-state index >= 15 is 0 Å². The summed E-state index contributed by atoms with van der Waals surface area (Å²) in [4.78, 5) is 42.5. The fourth-order valence-corrected chi connectivity index (χ4v) is 3.47. The van der Waals surface area contributed by atoms with E-state index in [2.05, 4.69) is 10.6 Å². The molecule has 0 aromatic heterocycles. The molecule has 0 bridgehead atoms. The molecule has 0 aliphatic rings. The lowest BCUT2D eigenvalue weighted by atomic mass is 10.3. The van der Waals surface area contributed by atoms with Crippen molar-refractivity contribution in [3.8, 4) is 0 Å². The van der Waals surface area contributed by atoms with E-state index in [0.717, 1.165) is 21.6 Å². The predicted octanol–water partition coefficient (Wildman–Crippen LogP) is -1.38. The first kappa shape index (κ1) is 20.5. The van der Waals surface area contributed by atoms with Crippen LogP contribution in [0.3, 0.4) is 0 Å². The molecule has 0 heterocycles. The number of hydrogen-bond acceptors (Lipinski definition) is 8. The molecule has 0 aromatic carbocycles. The lowest BCUT2D eigenvalue weighted by Crippen LogP contribution is -2.42. The Balaban J connectivity index is 4.12. The van der Waals surface area contributed by atoms with Crippen molar-refractivity contribution < 1.29 is 39.6 Å². The molecule has 0 radical (unpaired) electrons. The summed E-state index contributed by atoms with van der Waals surface area (Å²) in [5.41, 5.74) is 0. The minimum atomic E-state index is -1.21. The molecule has 0 fully saturated rings. The van der Waals surface area contributed by atoms with Gasteiger partial charge in [0.2, 0.25) is 0 Å². The molecule has 0 aromatic rings. The molecule has 0 spiro atoms. The summed E-state index contributed by atoms with van der Waals surface area (Å²) in [5, 5.41) is 39.3. The standard InChI is InChI=1S/C10H16N2O8S2/c13-7(14)1-11-5(9(17)18)3-21-22-4-6(10(19)20)12-2-8(15)16/h5-6,11-12H,1-4H2,(H,13,14)(H,15,16)(H,17,18)(H,19,20). The molecule has 0 aliphatic heterocycles. The number of carbonyl (C=O) groups is 4. The van der Waals surface area contributed by atoms with E-state index in [1.165, 1.54) is 0 Å². The molecule has 0 saturated carbocycles. The van der Waals surface area contributed by atoms with Crippen molar-refractivity contribution in [2.45, 2.75) is 12.1 Å². The van der Waals surface area contributed by atoms with Crippen LogP contribution < -0.4 is 10.6 Å². The molecule has 6 N–H and O–H groups in total. The third-order valence-electron chi connectivity index (χ3n) is 2.15. The van der Waals surface area contributed by atoms with Gasteiger partial charge in [-0.15, -0.1) is 0 Å². The van der Waals surface area contributed by atoms with Crippen LogP contribution in [0.1, 0.15) is 0 Å². The van der Waals surface area contributed by atoms with E-state index in [-0.39, 0.29) is 11.5 Å². The lowest BCUT2D eigenvalue weighted by molar-refractivity contribution is -0.141. The Morgan fingerprint density at radius 3 is 1.27 bits per heavy atom. The van der Waals surface area contributed by atoms with Gasteiger partial charge in [-0.25, -0.2) is 0 Å². The first-order valence-electron chi connectivity index (χ1n) is 5.84. The van der Waals surface area contributed by atoms with Crippen LogP contribution in [0.15, 0.2) is 0 Å². The summed E-state index contributed by atoms with van der Waals surface area (Å²) < 4.78 is 0. The SMILES string of the molecule is O=C(O)CNC(CSSCC(NCC(=O)O)C(=O)O)C(=O)O. The Bertz CT molecular complexity index is 382. The van der Waals surface area contributed by atoms with Crippen LogP contribution in [-0.2, 0) is 19.2 Å². The van der Waals surface area contributed by atoms with Crippen LogP contribution in [0.25, 0.3) is 0 Å². The third-order valence-corrected chi connectivity index (χ3v) is 4.57. The highest BCUT2D eigenvalue weighted by molar-refractivity contribution is 8.76. The lowest BCUT2D eigenvalue weighted by Gasteiger charge is -2.14. The Morgan fingerprint density at radius 2 is 1.05 bits per heavy atom. The van der Waals surface area contributed by atoms with Crippen LogP contribution in [0.5, 0.6) is 0 Å². The molecule has 10 nitrogen and oxygen atoms in total. The van der Waals surface area contributed by atoms with Crippen LogP contribution in [0.2, 0.25) is 0 Å². The average Bonchev–Trinajstić information content (AvgIpc) is 2.39. The molecular weight excluding hydrogens is 340 g/mol. The quantitative estimate of drug-likeness (QED) is 0.169. The molecular formula is C10H16N2O8S2. The fraction of sp³-hybridized carbons (Fsp3) is 0.600. The van der Waals surface area contributed by atoms with Crippen LogP contribution in [0, 0.1) is 0 Å². The van der Waals surface area contributed by atoms with E-state index < -0.39 is 49.1 Å². The van der Waals surface area contributed by atoms with Gasteiger partial charge in [-0.05, 0) is 0 Å². The Labute approximate surface area is 133 Å². The zero-order chi connectivity index (χ0) is 17.1. The summed E-state index contributed by atoms with van der Waals surface area (Å²) in [6.07, 6.45) is 0. The predicted molar refractivity (Wildman–Crippen MR) is 79.0 cm³/mol. The maximum Gasteiger partial charge on any atom is 0.321 e. The van der Waals surface area contributed by atoms with Gasteiger partial charge in [0.1, 0.15) is 12.1 Å². The van der Waals surface area contributed by atoms with Crippen molar-refractivity contribution in [3.05, 3.63) is 0 Å². The summed E-state index contributed by atoms with van der Waals surface area (Å²) in [7, 11) is 2.10. The van der Waals surface area contributed by atoms with Gasteiger partial charge in [0.05, 0.1) is 13.1 Å². The third kappa shape index (κ3) is 10.3. The topological polar surface area (TPSA) is 173 Å². The molecule has 126 valence electrons. The second kappa shape index (κ2) is 11.1. The van der Waals surface area contributed by atoms with Crippen molar-refractivity contribution in [1.82, 2.24) is 10.6 Å². The molecule has 0 amide bonds. The van der Waals surface area contributed by atoms with Gasteiger partial charge < -0.3 is 20.4 Å². The molecule has 22 heavy (non-hydrogen) atoms. The highest BCUT2D eigenvalue weighted by Crippen LogP contribution is 2.23. The highest BCUT2D eigenvalue weighted by atomic mass is 33.1. The van der Waals surface area contributed by atoms with Crippen molar-refractivity contribution >= 4 is 45.5 Å². The highest BCUT2D eigenvalue weighted by Gasteiger charge is 2.20. The van der Waals surface area contributed by atoms with Gasteiger partial charge in [0.15, 0.2) is 0 Å². The van der Waals surface area contributed by atoms with Crippen LogP contribution in [0.4, 0.5) is 0 Å². The largest absolute Gasteiger partial charge is 0.480 e. The smallest absolute Gasteiger partial charge is 0.321 e. The minimum absolute atomic E-state index is 0.0263. The van der Waals surface area contributed by atoms with Gasteiger partial charge in [-0.3, -0.25) is 29.8 Å². The summed E-state index contributed by atoms with van der Waals surface area (Å²) >= 11 is 0. The Kier molecular flexibility index (Phi) is 10.4. The monoisotopic (exact) mass is 356 g/mol. The van der Waals surface area contributed by atoms with E-state index in [1.54, 1.807) is 0 Å². The maximum atomic E-state index is 10.9. The van der Waals surface area contributed by atoms with E-state index in [4.69, 9.17) is 20.4 Å². The number of carboxylic acids is 4. The maximum absolute atomic E-state index is 10.9. The Morgan fingerprint density at radius 1 is 0.727 bits per heavy atom. The van der Waals surface area contributed by atoms with Crippen molar-refractivity contribution in [2.75, 3.05) is 24.6 Å². The molecule has 0 saturated heterocycles. The zero-order valence-corrected chi connectivity index (χ0v) is 12.9. The van der Waals surface area contributed by atoms with Crippen molar-refractivity contribution in [2.24, 2.45) is 0 Å². The van der Waals surface area contributed by atoms with Gasteiger partial charge in [-0.2, -0.15) is 0 Å². The van der Waals surface area contributed by atoms with E-state index in [1.807, 2.05) is 0 Å². The van der Waals surface area contributed by atoms with Crippen molar-refractivity contribution in [3.63, 3.8) is 0 Å². The minimum Gasteiger partial charge on any atom is -0.480 e. The normalized spacial score (nSPS) is 13.3. The number of rotatable bonds is 13. The van der Waals surface area contributed by atoms with E-state index in [9.17, 15) is 19.2 Å². The molecule has 0 aliphatic carbocycles. The molecule has 0 rings (SSSR count). The zero-order valence-electron chi connectivity index (χ0n) is 11.2. The Hall–Kier alpha value is -1.50. The van der Waals surface area contributed by atoms with Gasteiger partial charge >= 0.3 is 23.9 Å². The number of nitrogens with one attached hydrogen (secondary N) is 2. The second-order valence-electron chi connectivity index (χ2n) is 3.90. The summed E-state index contributed by atoms with van der Waals surface area (Å²) in [6.45, 7) is -1.000. The molecule has 12 heteroatoms. The first-order chi connectivity index (χ1) is 10.2. The first-order valence-corrected chi connectivity index (χ1v) is 8.33. The van der Waals surface area contributed by atoms with Gasteiger partial charge in [0.25, 0.3) is 0 Å². The number of carboxylic acid groups (broad SMARTS) is 4. The number of aliphatic carboxylic acids is 4. The van der Waals surface area contributed by atoms with Gasteiger partial charge in [-0.1, -0.05) is 21.6 Å². The molecule has 2 atom stereocenters. The second-order valence-corrected chi connectivity index (χ2v) is 6.45. The summed E-state index contributed by atoms with van der Waals surface area (Å²) in [6, 6.07) is -2.16. The number of hydrogen-bond donors (Lipinski definition) is 6. The van der Waals surface area contributed by atoms with E-state index in [0.29, 0.717) is 0 Å². The molecule has 2 unspecified atom stereocenters. The van der Waals surface area contributed by atoms with Crippen molar-refractivity contribution in [1.29, 1.82) is 0 Å². The summed E-state index contributed by atoms with van der Waals surface area (Å²) in [5.74, 6) is -4.75. The van der Waals surface area contributed by atoms with Gasteiger partial charge in [0, 0.05) is 11.5 Å².